The maximum absolute atomic E-state index is 13.7. The summed E-state index contributed by atoms with van der Waals surface area (Å²) >= 11 is 1.82. The molecule has 2 aromatic rings. The van der Waals surface area contributed by atoms with Gasteiger partial charge < -0.3 is 10.6 Å². The first-order valence-electron chi connectivity index (χ1n) is 6.69. The van der Waals surface area contributed by atoms with E-state index in [1.807, 2.05) is 22.6 Å². The van der Waals surface area contributed by atoms with E-state index >= 15 is 0 Å². The Morgan fingerprint density at radius 2 is 1.74 bits per heavy atom. The number of nitrogens with zero attached hydrogens (tertiary/aromatic N) is 1. The first-order valence-corrected chi connectivity index (χ1v) is 7.77. The third-order valence-corrected chi connectivity index (χ3v) is 4.01. The van der Waals surface area contributed by atoms with Crippen LogP contribution in [0.3, 0.4) is 0 Å². The Bertz CT molecular complexity index is 735. The average Bonchev–Trinajstić information content (AvgIpc) is 2.51. The number of carbonyl (C=O) groups is 2. The Hall–Kier alpha value is -2.03. The molecule has 2 N–H and O–H groups in total. The lowest BCUT2D eigenvalue weighted by molar-refractivity contribution is -0.117. The van der Waals surface area contributed by atoms with Gasteiger partial charge in [0.05, 0.1) is 0 Å². The first kappa shape index (κ1) is 17.3. The van der Waals surface area contributed by atoms with Gasteiger partial charge in [-0.2, -0.15) is 0 Å². The van der Waals surface area contributed by atoms with Gasteiger partial charge in [-0.15, -0.1) is 0 Å². The monoisotopic (exact) mass is 430 g/mol. The summed E-state index contributed by atoms with van der Waals surface area (Å²) in [5.41, 5.74) is 5.66. The molecule has 4 nitrogen and oxygen atoms in total. The molecule has 0 saturated carbocycles. The Kier molecular flexibility index (Phi) is 5.64. The van der Waals surface area contributed by atoms with Gasteiger partial charge in [0.25, 0.3) is 5.91 Å². The van der Waals surface area contributed by atoms with Crippen molar-refractivity contribution in [3.8, 4) is 0 Å². The smallest absolute Gasteiger partial charge is 0.258 e. The maximum atomic E-state index is 13.7. The van der Waals surface area contributed by atoms with Crippen molar-refractivity contribution >= 4 is 40.1 Å². The number of carbonyl (C=O) groups excluding carboxylic acids is 2. The lowest BCUT2D eigenvalue weighted by Crippen LogP contribution is -2.34. The van der Waals surface area contributed by atoms with Crippen LogP contribution in [0.15, 0.2) is 42.5 Å². The van der Waals surface area contributed by atoms with Crippen molar-refractivity contribution in [1.29, 1.82) is 0 Å². The van der Waals surface area contributed by atoms with Crippen molar-refractivity contribution in [2.75, 3.05) is 11.4 Å². The second kappa shape index (κ2) is 7.49. The van der Waals surface area contributed by atoms with E-state index in [1.165, 1.54) is 41.3 Å². The molecule has 0 aromatic heterocycles. The van der Waals surface area contributed by atoms with Crippen LogP contribution in [-0.4, -0.2) is 18.4 Å². The number of halogens is 3. The number of rotatable bonds is 5. The van der Waals surface area contributed by atoms with Gasteiger partial charge in [0.1, 0.15) is 11.6 Å². The highest BCUT2D eigenvalue weighted by molar-refractivity contribution is 14.1. The molecule has 0 saturated heterocycles. The standard InChI is InChI=1S/C16H13F2IN2O2/c17-11-2-4-12(5-3-11)21(8-7-15(20)22)16(23)10-1-6-14(19)13(18)9-10/h1-6,9H,7-8H2,(H2,20,22). The molecule has 0 aliphatic rings. The Morgan fingerprint density at radius 1 is 1.09 bits per heavy atom. The summed E-state index contributed by atoms with van der Waals surface area (Å²) in [6.07, 6.45) is -0.0596. The molecule has 0 aliphatic carbocycles. The number of nitrogens with two attached hydrogens (primary N) is 1. The van der Waals surface area contributed by atoms with Gasteiger partial charge in [-0.05, 0) is 65.1 Å². The highest BCUT2D eigenvalue weighted by Gasteiger charge is 2.19. The van der Waals surface area contributed by atoms with Gasteiger partial charge >= 0.3 is 0 Å². The van der Waals surface area contributed by atoms with Gasteiger partial charge in [0.2, 0.25) is 5.91 Å². The van der Waals surface area contributed by atoms with Crippen LogP contribution >= 0.6 is 22.6 Å². The minimum Gasteiger partial charge on any atom is -0.370 e. The lowest BCUT2D eigenvalue weighted by atomic mass is 10.1. The summed E-state index contributed by atoms with van der Waals surface area (Å²) in [7, 11) is 0. The van der Waals surface area contributed by atoms with Crippen molar-refractivity contribution in [3.05, 3.63) is 63.2 Å². The van der Waals surface area contributed by atoms with E-state index in [9.17, 15) is 18.4 Å². The van der Waals surface area contributed by atoms with Crippen LogP contribution in [0.5, 0.6) is 0 Å². The molecule has 0 atom stereocenters. The predicted molar refractivity (Wildman–Crippen MR) is 91.0 cm³/mol. The van der Waals surface area contributed by atoms with E-state index in [2.05, 4.69) is 0 Å². The number of anilines is 1. The molecule has 2 aromatic carbocycles. The Labute approximate surface area is 145 Å². The summed E-state index contributed by atoms with van der Waals surface area (Å²) in [5.74, 6) is -2.02. The van der Waals surface area contributed by atoms with Crippen LogP contribution in [0.4, 0.5) is 14.5 Å². The zero-order valence-corrected chi connectivity index (χ0v) is 14.1. The third kappa shape index (κ3) is 4.47. The fourth-order valence-corrected chi connectivity index (χ4v) is 2.31. The van der Waals surface area contributed by atoms with Crippen molar-refractivity contribution in [1.82, 2.24) is 0 Å². The minimum atomic E-state index is -0.571. The summed E-state index contributed by atoms with van der Waals surface area (Å²) in [6.45, 7) is 0.0212. The number of hydrogen-bond acceptors (Lipinski definition) is 2. The van der Waals surface area contributed by atoms with E-state index in [4.69, 9.17) is 5.73 Å². The van der Waals surface area contributed by atoms with Crippen molar-refractivity contribution in [2.45, 2.75) is 6.42 Å². The minimum absolute atomic E-state index is 0.0212. The summed E-state index contributed by atoms with van der Waals surface area (Å²) in [5, 5.41) is 0. The predicted octanol–water partition coefficient (Wildman–Crippen LogP) is 3.09. The maximum Gasteiger partial charge on any atom is 0.258 e. The van der Waals surface area contributed by atoms with Crippen molar-refractivity contribution in [3.63, 3.8) is 0 Å². The topological polar surface area (TPSA) is 63.4 Å². The Morgan fingerprint density at radius 3 is 2.30 bits per heavy atom. The zero-order chi connectivity index (χ0) is 17.0. The van der Waals surface area contributed by atoms with E-state index in [0.29, 0.717) is 9.26 Å². The molecule has 0 heterocycles. The number of primary amides is 1. The van der Waals surface area contributed by atoms with Gasteiger partial charge in [-0.1, -0.05) is 0 Å². The van der Waals surface area contributed by atoms with Gasteiger partial charge in [0, 0.05) is 27.8 Å². The molecule has 23 heavy (non-hydrogen) atoms. The summed E-state index contributed by atoms with van der Waals surface area (Å²) < 4.78 is 27.1. The average molecular weight is 430 g/mol. The number of hydrogen-bond donors (Lipinski definition) is 1. The second-order valence-electron chi connectivity index (χ2n) is 4.78. The van der Waals surface area contributed by atoms with Gasteiger partial charge in [-0.25, -0.2) is 8.78 Å². The van der Waals surface area contributed by atoms with Gasteiger partial charge in [0.15, 0.2) is 0 Å². The molecular weight excluding hydrogens is 417 g/mol. The summed E-state index contributed by atoms with van der Waals surface area (Å²) in [6, 6.07) is 9.34. The molecule has 2 amide bonds. The largest absolute Gasteiger partial charge is 0.370 e. The zero-order valence-electron chi connectivity index (χ0n) is 11.9. The fraction of sp³-hybridized carbons (Fsp3) is 0.125. The van der Waals surface area contributed by atoms with E-state index in [1.54, 1.807) is 0 Å². The van der Waals surface area contributed by atoms with E-state index < -0.39 is 23.4 Å². The number of amides is 2. The van der Waals surface area contributed by atoms with Crippen LogP contribution < -0.4 is 10.6 Å². The molecule has 0 fully saturated rings. The molecule has 0 spiro atoms. The SMILES string of the molecule is NC(=O)CCN(C(=O)c1ccc(I)c(F)c1)c1ccc(F)cc1. The normalized spacial score (nSPS) is 10.4. The highest BCUT2D eigenvalue weighted by Crippen LogP contribution is 2.20. The fourth-order valence-electron chi connectivity index (χ4n) is 1.98. The molecule has 120 valence electrons. The molecule has 0 unspecified atom stereocenters. The second-order valence-corrected chi connectivity index (χ2v) is 5.94. The molecule has 0 radical (unpaired) electrons. The quantitative estimate of drug-likeness (QED) is 0.742. The van der Waals surface area contributed by atoms with E-state index in [0.717, 1.165) is 6.07 Å². The first-order chi connectivity index (χ1) is 10.9. The van der Waals surface area contributed by atoms with Crippen LogP contribution in [0, 0.1) is 15.2 Å². The molecule has 2 rings (SSSR count). The third-order valence-electron chi connectivity index (χ3n) is 3.13. The lowest BCUT2D eigenvalue weighted by Gasteiger charge is -2.22. The Balaban J connectivity index is 2.35. The molecular formula is C16H13F2IN2O2. The van der Waals surface area contributed by atoms with E-state index in [-0.39, 0.29) is 18.5 Å². The van der Waals surface area contributed by atoms with Crippen LogP contribution in [0.2, 0.25) is 0 Å². The van der Waals surface area contributed by atoms with Crippen molar-refractivity contribution < 1.29 is 18.4 Å². The highest BCUT2D eigenvalue weighted by atomic mass is 127. The molecule has 0 aliphatic heterocycles. The number of benzene rings is 2. The summed E-state index contributed by atoms with van der Waals surface area (Å²) in [4.78, 5) is 24.9. The van der Waals surface area contributed by atoms with Crippen LogP contribution in [0.1, 0.15) is 16.8 Å². The molecule has 7 heteroatoms. The van der Waals surface area contributed by atoms with Gasteiger partial charge in [-0.3, -0.25) is 9.59 Å². The van der Waals surface area contributed by atoms with Crippen molar-refractivity contribution in [2.24, 2.45) is 5.73 Å². The van der Waals surface area contributed by atoms with Crippen LogP contribution in [0.25, 0.3) is 0 Å². The van der Waals surface area contributed by atoms with Crippen LogP contribution in [-0.2, 0) is 4.79 Å². The molecule has 0 bridgehead atoms.